The Morgan fingerprint density at radius 2 is 1.71 bits per heavy atom. The Bertz CT molecular complexity index is 1400. The van der Waals surface area contributed by atoms with Gasteiger partial charge in [-0.15, -0.1) is 0 Å². The molecule has 8 nitrogen and oxygen atoms in total. The van der Waals surface area contributed by atoms with E-state index in [2.05, 4.69) is 32.0 Å². The van der Waals surface area contributed by atoms with E-state index in [0.717, 1.165) is 53.9 Å². The number of nitrogens with one attached hydrogen (secondary N) is 2. The molecule has 0 saturated carbocycles. The molecule has 1 fully saturated rings. The summed E-state index contributed by atoms with van der Waals surface area (Å²) in [6, 6.07) is 16.2. The Morgan fingerprint density at radius 1 is 0.912 bits per heavy atom. The van der Waals surface area contributed by atoms with Gasteiger partial charge in [0.05, 0.1) is 34.0 Å². The van der Waals surface area contributed by atoms with E-state index in [1.165, 1.54) is 6.20 Å². The topological polar surface area (TPSA) is 100 Å². The monoisotopic (exact) mass is 474 g/mol. The van der Waals surface area contributed by atoms with Gasteiger partial charge in [-0.25, -0.2) is 13.4 Å². The Morgan fingerprint density at radius 3 is 2.50 bits per heavy atom. The van der Waals surface area contributed by atoms with E-state index in [4.69, 9.17) is 4.98 Å². The number of sulfonamides is 1. The molecule has 0 unspecified atom stereocenters. The summed E-state index contributed by atoms with van der Waals surface area (Å²) in [7, 11) is -1.55. The van der Waals surface area contributed by atoms with Crippen molar-refractivity contribution in [3.63, 3.8) is 0 Å². The molecule has 0 amide bonds. The number of likely N-dealkylation sites (tertiary alicyclic amines) is 1. The molecule has 1 aliphatic heterocycles. The van der Waals surface area contributed by atoms with Crippen LogP contribution in [0, 0.1) is 0 Å². The lowest BCUT2D eigenvalue weighted by atomic mass is 10.1. The van der Waals surface area contributed by atoms with Crippen molar-refractivity contribution in [2.75, 3.05) is 30.2 Å². The summed E-state index contributed by atoms with van der Waals surface area (Å²) in [5.74, 6) is 0.765. The number of hydrogen-bond donors (Lipinski definition) is 2. The molecule has 0 atom stereocenters. The first-order chi connectivity index (χ1) is 16.5. The van der Waals surface area contributed by atoms with Crippen molar-refractivity contribution in [3.05, 3.63) is 73.2 Å². The summed E-state index contributed by atoms with van der Waals surface area (Å²) >= 11 is 0. The summed E-state index contributed by atoms with van der Waals surface area (Å²) in [5.41, 5.74) is 3.62. The molecule has 0 spiro atoms. The van der Waals surface area contributed by atoms with Crippen LogP contribution in [0.25, 0.3) is 22.2 Å². The van der Waals surface area contributed by atoms with Crippen LogP contribution in [0.2, 0.25) is 0 Å². The molecule has 2 aromatic carbocycles. The normalized spacial score (nSPS) is 15.3. The molecule has 5 rings (SSSR count). The lowest BCUT2D eigenvalue weighted by Gasteiger charge is -2.29. The summed E-state index contributed by atoms with van der Waals surface area (Å²) in [6.07, 6.45) is 7.13. The standard InChI is InChI=1S/C25H26N6O2S/c1-31-11-9-20(10-12-31)28-25-17-27-23-8-7-18(14-24(23)29-25)19-13-21(16-26-15-19)30-34(32,33)22-5-3-2-4-6-22/h2-8,13-17,20,30H,9-12H2,1H3,(H,28,29). The van der Waals surface area contributed by atoms with E-state index < -0.39 is 10.0 Å². The highest BCUT2D eigenvalue weighted by Crippen LogP contribution is 2.26. The fourth-order valence-electron chi connectivity index (χ4n) is 4.09. The average Bonchev–Trinajstić information content (AvgIpc) is 2.85. The van der Waals surface area contributed by atoms with Gasteiger partial charge in [-0.3, -0.25) is 14.7 Å². The van der Waals surface area contributed by atoms with E-state index in [9.17, 15) is 8.42 Å². The number of hydrogen-bond acceptors (Lipinski definition) is 7. The lowest BCUT2D eigenvalue weighted by Crippen LogP contribution is -2.36. The second kappa shape index (κ2) is 9.36. The average molecular weight is 475 g/mol. The van der Waals surface area contributed by atoms with Crippen LogP contribution in [-0.2, 0) is 10.0 Å². The molecule has 1 saturated heterocycles. The molecule has 2 aromatic heterocycles. The summed E-state index contributed by atoms with van der Waals surface area (Å²) in [6.45, 7) is 2.14. The number of fused-ring (bicyclic) bond motifs is 1. The van der Waals surface area contributed by atoms with Crippen molar-refractivity contribution in [1.82, 2.24) is 19.9 Å². The summed E-state index contributed by atoms with van der Waals surface area (Å²) in [5, 5.41) is 3.51. The second-order valence-electron chi connectivity index (χ2n) is 8.56. The molecular weight excluding hydrogens is 448 g/mol. The Labute approximate surface area is 199 Å². The molecule has 3 heterocycles. The van der Waals surface area contributed by atoms with E-state index >= 15 is 0 Å². The van der Waals surface area contributed by atoms with Gasteiger partial charge in [0.25, 0.3) is 10.0 Å². The minimum Gasteiger partial charge on any atom is -0.366 e. The molecule has 0 radical (unpaired) electrons. The van der Waals surface area contributed by atoms with Crippen molar-refractivity contribution in [2.24, 2.45) is 0 Å². The van der Waals surface area contributed by atoms with Gasteiger partial charge in [0.2, 0.25) is 0 Å². The second-order valence-corrected chi connectivity index (χ2v) is 10.2. The molecule has 2 N–H and O–H groups in total. The minimum atomic E-state index is -3.69. The van der Waals surface area contributed by atoms with Crippen LogP contribution in [0.3, 0.4) is 0 Å². The number of aromatic nitrogens is 3. The van der Waals surface area contributed by atoms with Crippen LogP contribution in [0.1, 0.15) is 12.8 Å². The van der Waals surface area contributed by atoms with E-state index in [0.29, 0.717) is 11.7 Å². The third-order valence-electron chi connectivity index (χ3n) is 5.99. The third-order valence-corrected chi connectivity index (χ3v) is 7.39. The van der Waals surface area contributed by atoms with E-state index in [1.54, 1.807) is 48.8 Å². The van der Waals surface area contributed by atoms with Crippen LogP contribution in [-0.4, -0.2) is 54.4 Å². The van der Waals surface area contributed by atoms with Gasteiger partial charge in [-0.2, -0.15) is 0 Å². The number of rotatable bonds is 6. The maximum atomic E-state index is 12.7. The molecule has 0 bridgehead atoms. The molecule has 174 valence electrons. The maximum absolute atomic E-state index is 12.7. The van der Waals surface area contributed by atoms with Crippen molar-refractivity contribution < 1.29 is 8.42 Å². The lowest BCUT2D eigenvalue weighted by molar-refractivity contribution is 0.263. The number of nitrogens with zero attached hydrogens (tertiary/aromatic N) is 4. The van der Waals surface area contributed by atoms with E-state index in [-0.39, 0.29) is 4.90 Å². The Hall–Kier alpha value is -3.56. The van der Waals surface area contributed by atoms with E-state index in [1.807, 2.05) is 18.2 Å². The highest BCUT2D eigenvalue weighted by atomic mass is 32.2. The summed E-state index contributed by atoms with van der Waals surface area (Å²) < 4.78 is 28.0. The number of benzene rings is 2. The number of piperidine rings is 1. The van der Waals surface area contributed by atoms with Gasteiger partial charge < -0.3 is 10.2 Å². The number of pyridine rings is 1. The largest absolute Gasteiger partial charge is 0.366 e. The van der Waals surface area contributed by atoms with Crippen molar-refractivity contribution in [3.8, 4) is 11.1 Å². The van der Waals surface area contributed by atoms with Crippen LogP contribution < -0.4 is 10.0 Å². The van der Waals surface area contributed by atoms with Crippen LogP contribution >= 0.6 is 0 Å². The van der Waals surface area contributed by atoms with Crippen LogP contribution in [0.4, 0.5) is 11.5 Å². The number of anilines is 2. The van der Waals surface area contributed by atoms with Gasteiger partial charge >= 0.3 is 0 Å². The van der Waals surface area contributed by atoms with Crippen LogP contribution in [0.5, 0.6) is 0 Å². The highest BCUT2D eigenvalue weighted by Gasteiger charge is 2.17. The molecule has 4 aromatic rings. The first-order valence-electron chi connectivity index (χ1n) is 11.2. The van der Waals surface area contributed by atoms with Crippen LogP contribution in [0.15, 0.2) is 78.1 Å². The van der Waals surface area contributed by atoms with Gasteiger partial charge in [0, 0.05) is 17.8 Å². The first-order valence-corrected chi connectivity index (χ1v) is 12.7. The third kappa shape index (κ3) is 5.00. The summed E-state index contributed by atoms with van der Waals surface area (Å²) in [4.78, 5) is 16.1. The first kappa shape index (κ1) is 22.2. The molecule has 0 aliphatic carbocycles. The molecule has 1 aliphatic rings. The van der Waals surface area contributed by atoms with Gasteiger partial charge in [-0.1, -0.05) is 24.3 Å². The van der Waals surface area contributed by atoms with Crippen molar-refractivity contribution in [1.29, 1.82) is 0 Å². The highest BCUT2D eigenvalue weighted by molar-refractivity contribution is 7.92. The zero-order valence-corrected chi connectivity index (χ0v) is 19.7. The smallest absolute Gasteiger partial charge is 0.261 e. The minimum absolute atomic E-state index is 0.200. The fraction of sp³-hybridized carbons (Fsp3) is 0.240. The molecular formula is C25H26N6O2S. The maximum Gasteiger partial charge on any atom is 0.261 e. The zero-order chi connectivity index (χ0) is 23.5. The van der Waals surface area contributed by atoms with Gasteiger partial charge in [-0.05, 0) is 68.9 Å². The predicted molar refractivity (Wildman–Crippen MR) is 134 cm³/mol. The fourth-order valence-corrected chi connectivity index (χ4v) is 5.15. The van der Waals surface area contributed by atoms with Crippen molar-refractivity contribution >= 4 is 32.6 Å². The zero-order valence-electron chi connectivity index (χ0n) is 18.8. The molecule has 34 heavy (non-hydrogen) atoms. The van der Waals surface area contributed by atoms with Gasteiger partial charge in [0.1, 0.15) is 5.82 Å². The SMILES string of the molecule is CN1CCC(Nc2cnc3ccc(-c4cncc(NS(=O)(=O)c5ccccc5)c4)cc3n2)CC1. The molecule has 9 heteroatoms. The Balaban J connectivity index is 1.38. The van der Waals surface area contributed by atoms with Gasteiger partial charge in [0.15, 0.2) is 0 Å². The Kier molecular flexibility index (Phi) is 6.12. The predicted octanol–water partition coefficient (Wildman–Crippen LogP) is 4.00. The van der Waals surface area contributed by atoms with Crippen molar-refractivity contribution in [2.45, 2.75) is 23.8 Å². The quantitative estimate of drug-likeness (QED) is 0.436.